The Morgan fingerprint density at radius 2 is 1.43 bits per heavy atom. The highest BCUT2D eigenvalue weighted by Gasteiger charge is 2.29. The van der Waals surface area contributed by atoms with Gasteiger partial charge in [0.15, 0.2) is 0 Å². The molecule has 2 aromatic rings. The number of aldehydes is 1. The quantitative estimate of drug-likeness (QED) is 0.563. The number of rotatable bonds is 4. The fraction of sp³-hybridized carbons (Fsp3) is 0.188. The monoisotopic (exact) mass is 356 g/mol. The maximum atomic E-state index is 12.5. The zero-order chi connectivity index (χ0) is 15.5. The summed E-state index contributed by atoms with van der Waals surface area (Å²) in [5.74, 6) is 0. The molecule has 2 aromatic carbocycles. The summed E-state index contributed by atoms with van der Waals surface area (Å²) in [7, 11) is 0. The van der Waals surface area contributed by atoms with Crippen LogP contribution in [0.15, 0.2) is 48.5 Å². The summed E-state index contributed by atoms with van der Waals surface area (Å²) in [6.45, 7) is 0. The predicted octanol–water partition coefficient (Wildman–Crippen LogP) is 4.88. The number of benzene rings is 2. The smallest absolute Gasteiger partial charge is 0.302 e. The Bertz CT molecular complexity index is 603. The minimum atomic E-state index is -4.32. The van der Waals surface area contributed by atoms with Crippen LogP contribution >= 0.6 is 15.9 Å². The summed E-state index contributed by atoms with van der Waals surface area (Å²) < 4.78 is 37.5. The molecule has 0 N–H and O–H groups in total. The molecule has 0 aromatic heterocycles. The van der Waals surface area contributed by atoms with E-state index in [0.29, 0.717) is 6.42 Å². The van der Waals surface area contributed by atoms with E-state index in [1.54, 1.807) is 0 Å². The zero-order valence-electron chi connectivity index (χ0n) is 10.9. The Kier molecular flexibility index (Phi) is 4.83. The zero-order valence-corrected chi connectivity index (χ0v) is 12.5. The average molecular weight is 357 g/mol. The second-order valence-corrected chi connectivity index (χ2v) is 5.80. The molecule has 0 heterocycles. The molecule has 5 heteroatoms. The lowest BCUT2D eigenvalue weighted by Crippen LogP contribution is -2.04. The molecular weight excluding hydrogens is 345 g/mol. The lowest BCUT2D eigenvalue weighted by atomic mass is 10.0. The SMILES string of the molecule is O=CC(Br)Cc1ccc(-c2ccc(C(F)(F)F)cc2)cc1. The Hall–Kier alpha value is -1.62. The first-order valence-electron chi connectivity index (χ1n) is 6.26. The van der Waals surface area contributed by atoms with Crippen LogP contribution in [-0.2, 0) is 17.4 Å². The highest BCUT2D eigenvalue weighted by molar-refractivity contribution is 9.09. The lowest BCUT2D eigenvalue weighted by Gasteiger charge is -2.08. The van der Waals surface area contributed by atoms with Crippen molar-refractivity contribution in [1.82, 2.24) is 0 Å². The van der Waals surface area contributed by atoms with Crippen LogP contribution in [0.25, 0.3) is 11.1 Å². The summed E-state index contributed by atoms with van der Waals surface area (Å²) in [5.41, 5.74) is 1.89. The van der Waals surface area contributed by atoms with Gasteiger partial charge in [0.05, 0.1) is 10.4 Å². The highest BCUT2D eigenvalue weighted by atomic mass is 79.9. The molecule has 2 rings (SSSR count). The van der Waals surface area contributed by atoms with Crippen LogP contribution < -0.4 is 0 Å². The Morgan fingerprint density at radius 3 is 1.86 bits per heavy atom. The van der Waals surface area contributed by atoms with E-state index in [-0.39, 0.29) is 4.83 Å². The minimum absolute atomic E-state index is 0.227. The molecule has 110 valence electrons. The largest absolute Gasteiger partial charge is 0.416 e. The molecule has 0 aliphatic rings. The lowest BCUT2D eigenvalue weighted by molar-refractivity contribution is -0.137. The molecular formula is C16H12BrF3O. The van der Waals surface area contributed by atoms with Gasteiger partial charge in [-0.3, -0.25) is 0 Å². The molecule has 0 saturated carbocycles. The average Bonchev–Trinajstić information content (AvgIpc) is 2.47. The van der Waals surface area contributed by atoms with Crippen molar-refractivity contribution in [2.45, 2.75) is 17.4 Å². The van der Waals surface area contributed by atoms with Gasteiger partial charge in [-0.1, -0.05) is 52.3 Å². The van der Waals surface area contributed by atoms with Crippen molar-refractivity contribution in [2.75, 3.05) is 0 Å². The highest BCUT2D eigenvalue weighted by Crippen LogP contribution is 2.31. The first-order valence-corrected chi connectivity index (χ1v) is 7.17. The van der Waals surface area contributed by atoms with Gasteiger partial charge in [0.1, 0.15) is 6.29 Å². The molecule has 0 aliphatic carbocycles. The molecule has 0 radical (unpaired) electrons. The standard InChI is InChI=1S/C16H12BrF3O/c17-15(10-21)9-11-1-3-12(4-2-11)13-5-7-14(8-6-13)16(18,19)20/h1-8,10,15H,9H2. The number of carbonyl (C=O) groups is 1. The minimum Gasteiger partial charge on any atom is -0.302 e. The van der Waals surface area contributed by atoms with Gasteiger partial charge in [0.2, 0.25) is 0 Å². The van der Waals surface area contributed by atoms with Crippen LogP contribution in [0.5, 0.6) is 0 Å². The predicted molar refractivity (Wildman–Crippen MR) is 79.4 cm³/mol. The van der Waals surface area contributed by atoms with Gasteiger partial charge in [-0.25, -0.2) is 0 Å². The molecule has 0 spiro atoms. The van der Waals surface area contributed by atoms with Crippen molar-refractivity contribution in [2.24, 2.45) is 0 Å². The topological polar surface area (TPSA) is 17.1 Å². The van der Waals surface area contributed by atoms with Crippen molar-refractivity contribution >= 4 is 22.2 Å². The normalized spacial score (nSPS) is 13.0. The number of carbonyl (C=O) groups excluding carboxylic acids is 1. The number of halogens is 4. The second kappa shape index (κ2) is 6.43. The van der Waals surface area contributed by atoms with Gasteiger partial charge < -0.3 is 4.79 Å². The fourth-order valence-corrected chi connectivity index (χ4v) is 2.33. The third-order valence-electron chi connectivity index (χ3n) is 3.08. The Morgan fingerprint density at radius 1 is 0.952 bits per heavy atom. The second-order valence-electron chi connectivity index (χ2n) is 4.63. The van der Waals surface area contributed by atoms with Crippen LogP contribution in [-0.4, -0.2) is 11.1 Å². The van der Waals surface area contributed by atoms with Crippen LogP contribution in [0.4, 0.5) is 13.2 Å². The summed E-state index contributed by atoms with van der Waals surface area (Å²) in [6, 6.07) is 12.5. The van der Waals surface area contributed by atoms with E-state index in [9.17, 15) is 18.0 Å². The van der Waals surface area contributed by atoms with E-state index in [1.165, 1.54) is 12.1 Å². The molecule has 0 fully saturated rings. The summed E-state index contributed by atoms with van der Waals surface area (Å²) in [4.78, 5) is 10.3. The summed E-state index contributed by atoms with van der Waals surface area (Å²) in [6.07, 6.45) is -2.91. The van der Waals surface area contributed by atoms with Crippen molar-refractivity contribution in [1.29, 1.82) is 0 Å². The van der Waals surface area contributed by atoms with Gasteiger partial charge in [-0.2, -0.15) is 13.2 Å². The Labute approximate surface area is 128 Å². The number of hydrogen-bond donors (Lipinski definition) is 0. The molecule has 1 atom stereocenters. The first kappa shape index (κ1) is 15.8. The molecule has 21 heavy (non-hydrogen) atoms. The van der Waals surface area contributed by atoms with Crippen molar-refractivity contribution in [3.05, 3.63) is 59.7 Å². The van der Waals surface area contributed by atoms with Crippen LogP contribution in [0.1, 0.15) is 11.1 Å². The first-order chi connectivity index (χ1) is 9.90. The van der Waals surface area contributed by atoms with E-state index >= 15 is 0 Å². The van der Waals surface area contributed by atoms with E-state index in [0.717, 1.165) is 35.1 Å². The molecule has 0 aliphatic heterocycles. The number of hydrogen-bond acceptors (Lipinski definition) is 1. The van der Waals surface area contributed by atoms with Crippen molar-refractivity contribution in [3.8, 4) is 11.1 Å². The van der Waals surface area contributed by atoms with Crippen LogP contribution in [0, 0.1) is 0 Å². The van der Waals surface area contributed by atoms with Crippen LogP contribution in [0.2, 0.25) is 0 Å². The Balaban J connectivity index is 2.17. The fourth-order valence-electron chi connectivity index (χ4n) is 1.96. The van der Waals surface area contributed by atoms with Gasteiger partial charge >= 0.3 is 6.18 Å². The third kappa shape index (κ3) is 4.17. The van der Waals surface area contributed by atoms with Gasteiger partial charge in [-0.05, 0) is 35.2 Å². The molecule has 0 saturated heterocycles. The maximum absolute atomic E-state index is 12.5. The molecule has 1 unspecified atom stereocenters. The molecule has 0 amide bonds. The van der Waals surface area contributed by atoms with Gasteiger partial charge in [0, 0.05) is 0 Å². The molecule has 1 nitrogen and oxygen atoms in total. The summed E-state index contributed by atoms with van der Waals surface area (Å²) in [5, 5.41) is 0. The number of alkyl halides is 4. The van der Waals surface area contributed by atoms with Gasteiger partial charge in [0.25, 0.3) is 0 Å². The third-order valence-corrected chi connectivity index (χ3v) is 3.62. The summed E-state index contributed by atoms with van der Waals surface area (Å²) >= 11 is 3.23. The van der Waals surface area contributed by atoms with E-state index in [4.69, 9.17) is 0 Å². The van der Waals surface area contributed by atoms with Crippen LogP contribution in [0.3, 0.4) is 0 Å². The van der Waals surface area contributed by atoms with Crippen molar-refractivity contribution in [3.63, 3.8) is 0 Å². The maximum Gasteiger partial charge on any atom is 0.416 e. The molecule has 0 bridgehead atoms. The van der Waals surface area contributed by atoms with E-state index < -0.39 is 11.7 Å². The van der Waals surface area contributed by atoms with E-state index in [1.807, 2.05) is 24.3 Å². The van der Waals surface area contributed by atoms with Crippen molar-refractivity contribution < 1.29 is 18.0 Å². The van der Waals surface area contributed by atoms with Gasteiger partial charge in [-0.15, -0.1) is 0 Å². The van der Waals surface area contributed by atoms with E-state index in [2.05, 4.69) is 15.9 Å².